The van der Waals surface area contributed by atoms with Crippen LogP contribution < -0.4 is 4.74 Å². The fourth-order valence-corrected chi connectivity index (χ4v) is 6.42. The van der Waals surface area contributed by atoms with Gasteiger partial charge in [0.15, 0.2) is 23.4 Å². The molecule has 0 aromatic heterocycles. The van der Waals surface area contributed by atoms with Crippen LogP contribution in [0.3, 0.4) is 0 Å². The Hall–Kier alpha value is -1.34. The van der Waals surface area contributed by atoms with Gasteiger partial charge in [-0.2, -0.15) is 0 Å². The van der Waals surface area contributed by atoms with Gasteiger partial charge in [0.05, 0.1) is 18.5 Å². The first-order chi connectivity index (χ1) is 12.2. The molecular formula is C20H26ClNO5. The van der Waals surface area contributed by atoms with Crippen molar-refractivity contribution in [3.8, 4) is 11.5 Å². The number of carbonyl (C=O) groups excluding carboxylic acids is 1. The van der Waals surface area contributed by atoms with E-state index in [-0.39, 0.29) is 36.3 Å². The first kappa shape index (κ1) is 19.0. The average molecular weight is 396 g/mol. The topological polar surface area (TPSA) is 89.8 Å². The number of aromatic hydroxyl groups is 1. The van der Waals surface area contributed by atoms with E-state index >= 15 is 0 Å². The molecule has 0 amide bonds. The highest BCUT2D eigenvalue weighted by Crippen LogP contribution is 2.65. The lowest BCUT2D eigenvalue weighted by atomic mass is 9.48. The fourth-order valence-electron chi connectivity index (χ4n) is 6.42. The molecule has 1 saturated heterocycles. The summed E-state index contributed by atoms with van der Waals surface area (Å²) in [4.78, 5) is 12.7. The molecule has 27 heavy (non-hydrogen) atoms. The second-order valence-corrected chi connectivity index (χ2v) is 9.03. The number of rotatable bonds is 2. The smallest absolute Gasteiger partial charge is 0.174 e. The van der Waals surface area contributed by atoms with E-state index in [4.69, 9.17) is 4.74 Å². The van der Waals surface area contributed by atoms with Gasteiger partial charge in [0.2, 0.25) is 0 Å². The predicted molar refractivity (Wildman–Crippen MR) is 101 cm³/mol. The largest absolute Gasteiger partial charge is 0.632 e. The van der Waals surface area contributed by atoms with Crippen molar-refractivity contribution < 1.29 is 24.4 Å². The third kappa shape index (κ3) is 2.05. The molecule has 5 rings (SSSR count). The molecule has 2 fully saturated rings. The van der Waals surface area contributed by atoms with Gasteiger partial charge in [-0.05, 0) is 18.1 Å². The van der Waals surface area contributed by atoms with Gasteiger partial charge in [-0.15, -0.1) is 12.4 Å². The van der Waals surface area contributed by atoms with Gasteiger partial charge in [0, 0.05) is 30.7 Å². The summed E-state index contributed by atoms with van der Waals surface area (Å²) in [5, 5.41) is 36.1. The zero-order valence-electron chi connectivity index (χ0n) is 15.6. The number of benzene rings is 1. The Morgan fingerprint density at radius 2 is 2.11 bits per heavy atom. The summed E-state index contributed by atoms with van der Waals surface area (Å²) in [6.07, 6.45) is 0.590. The molecule has 2 aliphatic heterocycles. The van der Waals surface area contributed by atoms with E-state index in [0.717, 1.165) is 11.1 Å². The Bertz CT molecular complexity index is 829. The molecule has 2 bridgehead atoms. The molecule has 2 aliphatic carbocycles. The SMILES string of the molecule is CC(C)C[N+]1([O-])CC[C@]23c4c5ccc(O)c4O[C@H]2C(=O)CC[C@@]3(O)[C@H]1C5.Cl. The van der Waals surface area contributed by atoms with Gasteiger partial charge in [0.1, 0.15) is 11.6 Å². The van der Waals surface area contributed by atoms with E-state index in [2.05, 4.69) is 0 Å². The van der Waals surface area contributed by atoms with E-state index in [1.165, 1.54) is 0 Å². The van der Waals surface area contributed by atoms with Gasteiger partial charge in [-0.25, -0.2) is 0 Å². The number of aliphatic hydroxyl groups is 1. The lowest BCUT2D eigenvalue weighted by molar-refractivity contribution is -0.925. The van der Waals surface area contributed by atoms with Gasteiger partial charge < -0.3 is 24.8 Å². The summed E-state index contributed by atoms with van der Waals surface area (Å²) in [6.45, 7) is 4.89. The van der Waals surface area contributed by atoms with Crippen molar-refractivity contribution in [3.63, 3.8) is 0 Å². The summed E-state index contributed by atoms with van der Waals surface area (Å²) in [5.74, 6) is 0.542. The summed E-state index contributed by atoms with van der Waals surface area (Å²) < 4.78 is 5.56. The van der Waals surface area contributed by atoms with Gasteiger partial charge in [-0.1, -0.05) is 19.9 Å². The highest BCUT2D eigenvalue weighted by atomic mass is 35.5. The molecule has 148 valence electrons. The minimum absolute atomic E-state index is 0. The van der Waals surface area contributed by atoms with Crippen LogP contribution in [0, 0.1) is 11.1 Å². The molecule has 1 saturated carbocycles. The average Bonchev–Trinajstić information content (AvgIpc) is 2.92. The summed E-state index contributed by atoms with van der Waals surface area (Å²) in [6, 6.07) is 2.91. The van der Waals surface area contributed by atoms with E-state index in [0.29, 0.717) is 38.1 Å². The van der Waals surface area contributed by atoms with Gasteiger partial charge in [0.25, 0.3) is 0 Å². The zero-order chi connectivity index (χ0) is 18.5. The highest BCUT2D eigenvalue weighted by Gasteiger charge is 2.75. The number of nitrogens with zero attached hydrogens (tertiary/aromatic N) is 1. The van der Waals surface area contributed by atoms with Crippen LogP contribution >= 0.6 is 12.4 Å². The van der Waals surface area contributed by atoms with Crippen molar-refractivity contribution >= 4 is 18.2 Å². The van der Waals surface area contributed by atoms with Crippen LogP contribution in [0.4, 0.5) is 0 Å². The number of halogens is 1. The summed E-state index contributed by atoms with van der Waals surface area (Å²) in [5.41, 5.74) is -0.443. The second kappa shape index (κ2) is 5.60. The Morgan fingerprint density at radius 3 is 2.81 bits per heavy atom. The van der Waals surface area contributed by atoms with Crippen molar-refractivity contribution in [1.82, 2.24) is 0 Å². The van der Waals surface area contributed by atoms with E-state index in [9.17, 15) is 20.2 Å². The molecule has 1 aromatic rings. The molecule has 6 nitrogen and oxygen atoms in total. The quantitative estimate of drug-likeness (QED) is 0.592. The van der Waals surface area contributed by atoms with Crippen LogP contribution in [0.2, 0.25) is 0 Å². The van der Waals surface area contributed by atoms with Gasteiger partial charge >= 0.3 is 0 Å². The van der Waals surface area contributed by atoms with Crippen LogP contribution in [0.15, 0.2) is 12.1 Å². The van der Waals surface area contributed by atoms with Crippen molar-refractivity contribution in [2.75, 3.05) is 13.1 Å². The molecule has 1 spiro atoms. The van der Waals surface area contributed by atoms with E-state index in [1.54, 1.807) is 6.07 Å². The number of hydroxylamine groups is 3. The molecule has 2 N–H and O–H groups in total. The number of hydrogen-bond acceptors (Lipinski definition) is 5. The highest BCUT2D eigenvalue weighted by molar-refractivity contribution is 5.90. The van der Waals surface area contributed by atoms with Crippen LogP contribution in [0.5, 0.6) is 11.5 Å². The number of phenolic OH excluding ortho intramolecular Hbond substituents is 1. The molecule has 7 heteroatoms. The van der Waals surface area contributed by atoms with Crippen LogP contribution in [0.25, 0.3) is 0 Å². The maximum atomic E-state index is 13.8. The maximum Gasteiger partial charge on any atom is 0.174 e. The molecule has 4 aliphatic rings. The number of ketones is 1. The number of carbonyl (C=O) groups is 1. The number of Topliss-reactive ketones (excluding diaryl/α,β-unsaturated/α-hetero) is 1. The Labute approximate surface area is 164 Å². The number of likely N-dealkylation sites (tertiary alicyclic amines) is 1. The van der Waals surface area contributed by atoms with Crippen LogP contribution in [-0.2, 0) is 16.6 Å². The van der Waals surface area contributed by atoms with Gasteiger partial charge in [-0.3, -0.25) is 4.79 Å². The van der Waals surface area contributed by atoms with Crippen LogP contribution in [-0.4, -0.2) is 51.5 Å². The van der Waals surface area contributed by atoms with E-state index < -0.39 is 27.8 Å². The first-order valence-electron chi connectivity index (χ1n) is 9.58. The number of phenols is 1. The molecule has 0 radical (unpaired) electrons. The monoisotopic (exact) mass is 395 g/mol. The number of ether oxygens (including phenoxy) is 1. The third-order valence-corrected chi connectivity index (χ3v) is 7.26. The predicted octanol–water partition coefficient (Wildman–Crippen LogP) is 2.21. The number of hydrogen-bond donors (Lipinski definition) is 2. The normalized spacial score (nSPS) is 41.0. The van der Waals surface area contributed by atoms with E-state index in [1.807, 2.05) is 19.9 Å². The number of piperidine rings is 1. The minimum atomic E-state index is -1.27. The van der Waals surface area contributed by atoms with Crippen molar-refractivity contribution in [2.24, 2.45) is 5.92 Å². The fraction of sp³-hybridized carbons (Fsp3) is 0.650. The summed E-state index contributed by atoms with van der Waals surface area (Å²) >= 11 is 0. The van der Waals surface area contributed by atoms with Crippen molar-refractivity contribution in [1.29, 1.82) is 0 Å². The lowest BCUT2D eigenvalue weighted by Crippen LogP contribution is -2.80. The van der Waals surface area contributed by atoms with Crippen LogP contribution in [0.1, 0.15) is 44.2 Å². The number of quaternary nitrogens is 1. The first-order valence-corrected chi connectivity index (χ1v) is 9.58. The molecule has 1 unspecified atom stereocenters. The standard InChI is InChI=1S/C20H25NO5.ClH/c1-11(2)10-21(25)8-7-19-16-12-3-4-13(22)17(16)26-18(19)14(23)5-6-20(19,24)15(21)9-12;/h3-4,11,15,18,22,24H,5-10H2,1-2H3;1H/t15-,18+,19+,20-,21?;/m1./s1. The van der Waals surface area contributed by atoms with Crippen molar-refractivity contribution in [3.05, 3.63) is 28.5 Å². The minimum Gasteiger partial charge on any atom is -0.632 e. The molecular weight excluding hydrogens is 370 g/mol. The maximum absolute atomic E-state index is 13.8. The third-order valence-electron chi connectivity index (χ3n) is 7.26. The Balaban J connectivity index is 0.00000180. The second-order valence-electron chi connectivity index (χ2n) is 9.03. The van der Waals surface area contributed by atoms with Crippen molar-refractivity contribution in [2.45, 2.75) is 62.7 Å². The zero-order valence-corrected chi connectivity index (χ0v) is 16.4. The molecule has 2 heterocycles. The Morgan fingerprint density at radius 1 is 1.37 bits per heavy atom. The lowest BCUT2D eigenvalue weighted by Gasteiger charge is -2.67. The Kier molecular flexibility index (Phi) is 3.94. The molecule has 5 atom stereocenters. The molecule has 1 aromatic carbocycles. The summed E-state index contributed by atoms with van der Waals surface area (Å²) in [7, 11) is 0.